The van der Waals surface area contributed by atoms with Gasteiger partial charge in [0.05, 0.1) is 24.1 Å². The summed E-state index contributed by atoms with van der Waals surface area (Å²) in [6, 6.07) is 6.61. The fraction of sp³-hybridized carbons (Fsp3) is 0.556. The monoisotopic (exact) mass is 382 g/mol. The molecular formula is C18H26N2O5S. The first-order valence-corrected chi connectivity index (χ1v) is 10.5. The van der Waals surface area contributed by atoms with E-state index in [-0.39, 0.29) is 23.6 Å². The highest BCUT2D eigenvalue weighted by Gasteiger charge is 2.23. The summed E-state index contributed by atoms with van der Waals surface area (Å²) in [6.07, 6.45) is 4.02. The molecule has 7 nitrogen and oxygen atoms in total. The molecule has 144 valence electrons. The maximum absolute atomic E-state index is 12.2. The zero-order chi connectivity index (χ0) is 19.0. The average molecular weight is 382 g/mol. The van der Waals surface area contributed by atoms with Gasteiger partial charge in [0.15, 0.2) is 0 Å². The van der Waals surface area contributed by atoms with Gasteiger partial charge in [0.2, 0.25) is 15.9 Å². The van der Waals surface area contributed by atoms with Crippen LogP contribution in [0.3, 0.4) is 0 Å². The molecule has 26 heavy (non-hydrogen) atoms. The van der Waals surface area contributed by atoms with Crippen LogP contribution in [-0.4, -0.2) is 50.6 Å². The Kier molecular flexibility index (Phi) is 7.59. The van der Waals surface area contributed by atoms with Crippen molar-refractivity contribution in [3.05, 3.63) is 29.8 Å². The van der Waals surface area contributed by atoms with Crippen molar-refractivity contribution in [2.24, 2.45) is 0 Å². The van der Waals surface area contributed by atoms with E-state index in [9.17, 15) is 18.0 Å². The van der Waals surface area contributed by atoms with Gasteiger partial charge >= 0.3 is 5.97 Å². The maximum Gasteiger partial charge on any atom is 0.339 e. The molecule has 2 rings (SSSR count). The van der Waals surface area contributed by atoms with Gasteiger partial charge in [-0.3, -0.25) is 4.79 Å². The lowest BCUT2D eigenvalue weighted by Gasteiger charge is -2.25. The normalized spacial score (nSPS) is 15.4. The molecular weight excluding hydrogens is 356 g/mol. The number of anilines is 1. The largest absolute Gasteiger partial charge is 0.465 e. The van der Waals surface area contributed by atoms with E-state index in [0.29, 0.717) is 31.6 Å². The van der Waals surface area contributed by atoms with E-state index in [1.807, 2.05) is 0 Å². The lowest BCUT2D eigenvalue weighted by atomic mass is 10.1. The van der Waals surface area contributed by atoms with Gasteiger partial charge < -0.3 is 10.1 Å². The number of unbranched alkanes of at least 4 members (excludes halogenated alkanes) is 1. The number of methoxy groups -OCH3 is 1. The second-order valence-electron chi connectivity index (χ2n) is 6.32. The highest BCUT2D eigenvalue weighted by molar-refractivity contribution is 7.89. The molecule has 8 heteroatoms. The van der Waals surface area contributed by atoms with Crippen LogP contribution in [-0.2, 0) is 19.6 Å². The van der Waals surface area contributed by atoms with E-state index in [0.717, 1.165) is 19.3 Å². The van der Waals surface area contributed by atoms with E-state index in [1.54, 1.807) is 28.6 Å². The first kappa shape index (κ1) is 20.4. The number of rotatable bonds is 8. The molecule has 1 aliphatic heterocycles. The zero-order valence-corrected chi connectivity index (χ0v) is 15.9. The summed E-state index contributed by atoms with van der Waals surface area (Å²) in [5, 5.41) is 2.69. The lowest BCUT2D eigenvalue weighted by molar-refractivity contribution is -0.116. The van der Waals surface area contributed by atoms with Crippen LogP contribution in [0.5, 0.6) is 0 Å². The molecule has 1 aromatic carbocycles. The minimum Gasteiger partial charge on any atom is -0.465 e. The molecule has 1 aromatic rings. The minimum absolute atomic E-state index is 0.0685. The number of sulfonamides is 1. The predicted octanol–water partition coefficient (Wildman–Crippen LogP) is 2.40. The number of carbonyl (C=O) groups excluding carboxylic acids is 2. The van der Waals surface area contributed by atoms with Gasteiger partial charge in [-0.05, 0) is 37.8 Å². The second kappa shape index (κ2) is 9.68. The topological polar surface area (TPSA) is 92.8 Å². The fourth-order valence-electron chi connectivity index (χ4n) is 2.93. The minimum atomic E-state index is -3.22. The molecule has 1 aliphatic rings. The van der Waals surface area contributed by atoms with Crippen molar-refractivity contribution in [3.8, 4) is 0 Å². The van der Waals surface area contributed by atoms with Crippen LogP contribution in [0.25, 0.3) is 0 Å². The van der Waals surface area contributed by atoms with Crippen LogP contribution in [0, 0.1) is 0 Å². The van der Waals surface area contributed by atoms with E-state index >= 15 is 0 Å². The highest BCUT2D eigenvalue weighted by Crippen LogP contribution is 2.17. The third-order valence-corrected chi connectivity index (χ3v) is 6.33. The maximum atomic E-state index is 12.2. The number of carbonyl (C=O) groups is 2. The lowest BCUT2D eigenvalue weighted by Crippen LogP contribution is -2.37. The summed E-state index contributed by atoms with van der Waals surface area (Å²) < 4.78 is 30.7. The summed E-state index contributed by atoms with van der Waals surface area (Å²) in [7, 11) is -1.94. The van der Waals surface area contributed by atoms with Crippen molar-refractivity contribution >= 4 is 27.6 Å². The highest BCUT2D eigenvalue weighted by atomic mass is 32.2. The third kappa shape index (κ3) is 5.81. The molecule has 0 saturated carbocycles. The van der Waals surface area contributed by atoms with Crippen LogP contribution >= 0.6 is 0 Å². The summed E-state index contributed by atoms with van der Waals surface area (Å²) >= 11 is 0. The molecule has 0 bridgehead atoms. The van der Waals surface area contributed by atoms with Crippen molar-refractivity contribution in [2.45, 2.75) is 38.5 Å². The smallest absolute Gasteiger partial charge is 0.339 e. The first-order valence-electron chi connectivity index (χ1n) is 8.89. The summed E-state index contributed by atoms with van der Waals surface area (Å²) in [5.74, 6) is -0.704. The van der Waals surface area contributed by atoms with Crippen molar-refractivity contribution in [2.75, 3.05) is 31.3 Å². The van der Waals surface area contributed by atoms with Gasteiger partial charge in [-0.15, -0.1) is 0 Å². The van der Waals surface area contributed by atoms with Gasteiger partial charge in [0.25, 0.3) is 0 Å². The number of nitrogens with one attached hydrogen (secondary N) is 1. The Bertz CT molecular complexity index is 727. The standard InChI is InChI=1S/C18H26N2O5S/c1-25-18(22)15-9-3-4-10-16(15)19-17(21)11-5-8-14-26(23,24)20-12-6-2-7-13-20/h3-4,9-10H,2,5-8,11-14H2,1H3,(H,19,21). The van der Waals surface area contributed by atoms with Crippen molar-refractivity contribution < 1.29 is 22.7 Å². The van der Waals surface area contributed by atoms with E-state index in [4.69, 9.17) is 4.74 Å². The van der Waals surface area contributed by atoms with Gasteiger partial charge in [-0.2, -0.15) is 0 Å². The molecule has 0 atom stereocenters. The average Bonchev–Trinajstić information content (AvgIpc) is 2.66. The van der Waals surface area contributed by atoms with Crippen LogP contribution in [0.1, 0.15) is 48.9 Å². The third-order valence-electron chi connectivity index (χ3n) is 4.37. The molecule has 1 saturated heterocycles. The molecule has 0 aromatic heterocycles. The van der Waals surface area contributed by atoms with Crippen LogP contribution in [0.15, 0.2) is 24.3 Å². The SMILES string of the molecule is COC(=O)c1ccccc1NC(=O)CCCCS(=O)(=O)N1CCCCC1. The Morgan fingerprint density at radius 1 is 1.12 bits per heavy atom. The number of nitrogens with zero attached hydrogens (tertiary/aromatic N) is 1. The van der Waals surface area contributed by atoms with E-state index < -0.39 is 16.0 Å². The summed E-state index contributed by atoms with van der Waals surface area (Å²) in [5.41, 5.74) is 0.682. The molecule has 1 fully saturated rings. The number of ether oxygens (including phenoxy) is 1. The van der Waals surface area contributed by atoms with Gasteiger partial charge in [-0.25, -0.2) is 17.5 Å². The Hall–Kier alpha value is -1.93. The number of esters is 1. The number of amides is 1. The van der Waals surface area contributed by atoms with Crippen LogP contribution in [0.2, 0.25) is 0 Å². The van der Waals surface area contributed by atoms with Crippen molar-refractivity contribution in [3.63, 3.8) is 0 Å². The van der Waals surface area contributed by atoms with Gasteiger partial charge in [0, 0.05) is 19.5 Å². The molecule has 0 unspecified atom stereocenters. The summed E-state index contributed by atoms with van der Waals surface area (Å²) in [6.45, 7) is 1.21. The Balaban J connectivity index is 1.78. The quantitative estimate of drug-likeness (QED) is 0.550. The zero-order valence-electron chi connectivity index (χ0n) is 15.1. The van der Waals surface area contributed by atoms with E-state index in [2.05, 4.69) is 5.32 Å². The number of piperidine rings is 1. The molecule has 1 heterocycles. The van der Waals surface area contributed by atoms with Crippen LogP contribution < -0.4 is 5.32 Å². The van der Waals surface area contributed by atoms with Crippen LogP contribution in [0.4, 0.5) is 5.69 Å². The predicted molar refractivity (Wildman–Crippen MR) is 99.5 cm³/mol. The Morgan fingerprint density at radius 3 is 2.50 bits per heavy atom. The first-order chi connectivity index (χ1) is 12.4. The number of hydrogen-bond acceptors (Lipinski definition) is 5. The number of para-hydroxylation sites is 1. The van der Waals surface area contributed by atoms with Gasteiger partial charge in [-0.1, -0.05) is 18.6 Å². The molecule has 0 aliphatic carbocycles. The fourth-order valence-corrected chi connectivity index (χ4v) is 4.58. The number of hydrogen-bond donors (Lipinski definition) is 1. The molecule has 1 amide bonds. The second-order valence-corrected chi connectivity index (χ2v) is 8.41. The Morgan fingerprint density at radius 2 is 1.81 bits per heavy atom. The van der Waals surface area contributed by atoms with Crippen molar-refractivity contribution in [1.29, 1.82) is 0 Å². The van der Waals surface area contributed by atoms with E-state index in [1.165, 1.54) is 7.11 Å². The number of benzene rings is 1. The molecule has 0 spiro atoms. The van der Waals surface area contributed by atoms with Gasteiger partial charge in [0.1, 0.15) is 0 Å². The summed E-state index contributed by atoms with van der Waals surface area (Å²) in [4.78, 5) is 23.8. The Labute approximate surface area is 154 Å². The molecule has 1 N–H and O–H groups in total. The van der Waals surface area contributed by atoms with Crippen molar-refractivity contribution in [1.82, 2.24) is 4.31 Å². The molecule has 0 radical (unpaired) electrons.